The van der Waals surface area contributed by atoms with Gasteiger partial charge in [0.2, 0.25) is 0 Å². The Bertz CT molecular complexity index is 538. The van der Waals surface area contributed by atoms with Crippen LogP contribution in [0.25, 0.3) is 0 Å². The van der Waals surface area contributed by atoms with E-state index in [1.807, 2.05) is 0 Å². The van der Waals surface area contributed by atoms with Crippen LogP contribution in [-0.4, -0.2) is 22.2 Å². The molecule has 20 heavy (non-hydrogen) atoms. The van der Waals surface area contributed by atoms with Crippen molar-refractivity contribution in [2.45, 2.75) is 37.1 Å². The Morgan fingerprint density at radius 3 is 2.70 bits per heavy atom. The summed E-state index contributed by atoms with van der Waals surface area (Å²) in [6, 6.07) is 2.64. The molecule has 2 rings (SSSR count). The number of nitro benzene ring substituents is 1. The summed E-state index contributed by atoms with van der Waals surface area (Å²) < 4.78 is 13.3. The van der Waals surface area contributed by atoms with Gasteiger partial charge in [-0.15, -0.1) is 11.6 Å². The van der Waals surface area contributed by atoms with Gasteiger partial charge in [-0.25, -0.2) is 4.39 Å². The second-order valence-electron chi connectivity index (χ2n) is 4.84. The summed E-state index contributed by atoms with van der Waals surface area (Å²) in [4.78, 5) is 22.0. The fourth-order valence-electron chi connectivity index (χ4n) is 2.31. The minimum atomic E-state index is -0.810. The first-order valence-electron chi connectivity index (χ1n) is 6.37. The molecule has 7 heteroatoms. The van der Waals surface area contributed by atoms with Gasteiger partial charge >= 0.3 is 0 Å². The van der Waals surface area contributed by atoms with E-state index < -0.39 is 22.3 Å². The van der Waals surface area contributed by atoms with Crippen molar-refractivity contribution in [1.82, 2.24) is 5.32 Å². The van der Waals surface area contributed by atoms with E-state index >= 15 is 0 Å². The third kappa shape index (κ3) is 3.45. The summed E-state index contributed by atoms with van der Waals surface area (Å²) in [5, 5.41) is 13.2. The first-order chi connectivity index (χ1) is 9.47. The molecule has 1 saturated carbocycles. The van der Waals surface area contributed by atoms with Crippen molar-refractivity contribution < 1.29 is 14.1 Å². The molecular formula is C13H14ClFN2O3. The fraction of sp³-hybridized carbons (Fsp3) is 0.462. The summed E-state index contributed by atoms with van der Waals surface area (Å²) in [5.41, 5.74) is -0.507. The van der Waals surface area contributed by atoms with E-state index in [1.165, 1.54) is 0 Å². The van der Waals surface area contributed by atoms with Crippen molar-refractivity contribution in [2.75, 3.05) is 0 Å². The molecule has 1 aliphatic carbocycles. The summed E-state index contributed by atoms with van der Waals surface area (Å²) in [7, 11) is 0. The number of hydrogen-bond donors (Lipinski definition) is 1. The van der Waals surface area contributed by atoms with Crippen molar-refractivity contribution in [2.24, 2.45) is 0 Å². The first kappa shape index (κ1) is 14.7. The van der Waals surface area contributed by atoms with Crippen LogP contribution < -0.4 is 5.32 Å². The van der Waals surface area contributed by atoms with E-state index in [0.29, 0.717) is 0 Å². The monoisotopic (exact) mass is 300 g/mol. The number of alkyl halides is 1. The maximum atomic E-state index is 13.3. The van der Waals surface area contributed by atoms with Crippen LogP contribution in [0.2, 0.25) is 0 Å². The molecule has 1 fully saturated rings. The van der Waals surface area contributed by atoms with Crippen LogP contribution in [0, 0.1) is 15.9 Å². The van der Waals surface area contributed by atoms with Crippen LogP contribution in [-0.2, 0) is 0 Å². The molecule has 0 bridgehead atoms. The number of hydrogen-bond acceptors (Lipinski definition) is 3. The number of halogens is 2. The lowest BCUT2D eigenvalue weighted by atomic mass is 9.94. The quantitative estimate of drug-likeness (QED) is 0.530. The zero-order chi connectivity index (χ0) is 14.7. The number of amides is 1. The van der Waals surface area contributed by atoms with Gasteiger partial charge in [0.1, 0.15) is 5.82 Å². The van der Waals surface area contributed by atoms with Crippen LogP contribution >= 0.6 is 11.6 Å². The molecule has 0 saturated heterocycles. The molecule has 0 aliphatic heterocycles. The van der Waals surface area contributed by atoms with Crippen LogP contribution in [0.4, 0.5) is 10.1 Å². The van der Waals surface area contributed by atoms with Gasteiger partial charge < -0.3 is 5.32 Å². The van der Waals surface area contributed by atoms with Crippen LogP contribution in [0.1, 0.15) is 36.0 Å². The minimum absolute atomic E-state index is 0.0638. The number of nitrogens with one attached hydrogen (secondary N) is 1. The molecule has 1 amide bonds. The van der Waals surface area contributed by atoms with Gasteiger partial charge in [0.15, 0.2) is 0 Å². The zero-order valence-corrected chi connectivity index (χ0v) is 11.4. The van der Waals surface area contributed by atoms with E-state index in [9.17, 15) is 19.3 Å². The largest absolute Gasteiger partial charge is 0.348 e. The van der Waals surface area contributed by atoms with Crippen molar-refractivity contribution in [3.8, 4) is 0 Å². The second kappa shape index (κ2) is 6.17. The van der Waals surface area contributed by atoms with Crippen molar-refractivity contribution in [3.63, 3.8) is 0 Å². The molecule has 108 valence electrons. The molecule has 0 spiro atoms. The molecule has 5 nitrogen and oxygen atoms in total. The van der Waals surface area contributed by atoms with Gasteiger partial charge in [0.05, 0.1) is 16.4 Å². The van der Waals surface area contributed by atoms with Crippen molar-refractivity contribution in [3.05, 3.63) is 39.7 Å². The lowest BCUT2D eigenvalue weighted by molar-refractivity contribution is -0.385. The van der Waals surface area contributed by atoms with Gasteiger partial charge in [0, 0.05) is 17.7 Å². The SMILES string of the molecule is O=C(NC1CCCCC1Cl)c1cc(F)cc([N+](=O)[O-])c1. The highest BCUT2D eigenvalue weighted by molar-refractivity contribution is 6.21. The van der Waals surface area contributed by atoms with E-state index in [1.54, 1.807) is 0 Å². The number of nitrogens with zero attached hydrogens (tertiary/aromatic N) is 1. The van der Waals surface area contributed by atoms with Gasteiger partial charge in [-0.3, -0.25) is 14.9 Å². The summed E-state index contributed by atoms with van der Waals surface area (Å²) in [6.07, 6.45) is 3.57. The molecule has 2 unspecified atom stereocenters. The Kier molecular flexibility index (Phi) is 4.54. The molecule has 1 aromatic rings. The summed E-state index contributed by atoms with van der Waals surface area (Å²) in [5.74, 6) is -1.35. The summed E-state index contributed by atoms with van der Waals surface area (Å²) >= 11 is 6.13. The lowest BCUT2D eigenvalue weighted by Gasteiger charge is -2.27. The highest BCUT2D eigenvalue weighted by atomic mass is 35.5. The zero-order valence-electron chi connectivity index (χ0n) is 10.6. The van der Waals surface area contributed by atoms with Crippen LogP contribution in [0.15, 0.2) is 18.2 Å². The van der Waals surface area contributed by atoms with Gasteiger partial charge in [-0.1, -0.05) is 12.8 Å². The Balaban J connectivity index is 2.14. The van der Waals surface area contributed by atoms with E-state index in [-0.39, 0.29) is 17.0 Å². The molecule has 1 N–H and O–H groups in total. The second-order valence-corrected chi connectivity index (χ2v) is 5.40. The predicted molar refractivity (Wildman–Crippen MR) is 72.4 cm³/mol. The average molecular weight is 301 g/mol. The maximum absolute atomic E-state index is 13.3. The van der Waals surface area contributed by atoms with Crippen molar-refractivity contribution in [1.29, 1.82) is 0 Å². The molecule has 0 heterocycles. The molecule has 0 aromatic heterocycles. The number of rotatable bonds is 3. The first-order valence-corrected chi connectivity index (χ1v) is 6.81. The Labute approximate surface area is 120 Å². The van der Waals surface area contributed by atoms with Gasteiger partial charge in [0.25, 0.3) is 11.6 Å². The molecule has 0 radical (unpaired) electrons. The number of benzene rings is 1. The Morgan fingerprint density at radius 2 is 2.05 bits per heavy atom. The van der Waals surface area contributed by atoms with E-state index in [2.05, 4.69) is 5.32 Å². The van der Waals surface area contributed by atoms with Gasteiger partial charge in [-0.05, 0) is 18.9 Å². The van der Waals surface area contributed by atoms with E-state index in [0.717, 1.165) is 43.9 Å². The third-order valence-corrected chi connectivity index (χ3v) is 3.88. The smallest absolute Gasteiger partial charge is 0.273 e. The highest BCUT2D eigenvalue weighted by Crippen LogP contribution is 2.24. The Hall–Kier alpha value is -1.69. The highest BCUT2D eigenvalue weighted by Gasteiger charge is 2.25. The molecule has 1 aliphatic rings. The normalized spacial score (nSPS) is 22.3. The van der Waals surface area contributed by atoms with Crippen LogP contribution in [0.5, 0.6) is 0 Å². The molecule has 1 aromatic carbocycles. The Morgan fingerprint density at radius 1 is 1.35 bits per heavy atom. The van der Waals surface area contributed by atoms with Gasteiger partial charge in [-0.2, -0.15) is 0 Å². The predicted octanol–water partition coefficient (Wildman–Crippen LogP) is 3.01. The number of non-ortho nitro benzene ring substituents is 1. The lowest BCUT2D eigenvalue weighted by Crippen LogP contribution is -2.42. The molecule has 2 atom stereocenters. The van der Waals surface area contributed by atoms with E-state index in [4.69, 9.17) is 11.6 Å². The number of carbonyl (C=O) groups excluding carboxylic acids is 1. The number of carbonyl (C=O) groups is 1. The summed E-state index contributed by atoms with van der Waals surface area (Å²) in [6.45, 7) is 0. The topological polar surface area (TPSA) is 72.2 Å². The third-order valence-electron chi connectivity index (χ3n) is 3.35. The standard InChI is InChI=1S/C13H14ClFN2O3/c14-11-3-1-2-4-12(11)16-13(18)8-5-9(15)7-10(6-8)17(19)20/h5-7,11-12H,1-4H2,(H,16,18). The number of nitro groups is 1. The average Bonchev–Trinajstić information content (AvgIpc) is 2.40. The molecular weight excluding hydrogens is 287 g/mol. The van der Waals surface area contributed by atoms with Crippen molar-refractivity contribution >= 4 is 23.2 Å². The van der Waals surface area contributed by atoms with Crippen LogP contribution in [0.3, 0.4) is 0 Å². The minimum Gasteiger partial charge on any atom is -0.348 e. The fourth-order valence-corrected chi connectivity index (χ4v) is 2.65. The maximum Gasteiger partial charge on any atom is 0.273 e.